The number of nitrogens with two attached hydrogens (primary N) is 1. The third kappa shape index (κ3) is 3.97. The Morgan fingerprint density at radius 3 is 2.27 bits per heavy atom. The van der Waals surface area contributed by atoms with Gasteiger partial charge in [-0.05, 0) is 54.6 Å². The van der Waals surface area contributed by atoms with Crippen molar-refractivity contribution in [2.45, 2.75) is 0 Å². The molecule has 3 N–H and O–H groups in total. The molecule has 2 heterocycles. The molecule has 0 saturated heterocycles. The number of amides is 2. The number of pyridine rings is 1. The van der Waals surface area contributed by atoms with E-state index in [0.29, 0.717) is 22.7 Å². The van der Waals surface area contributed by atoms with Crippen LogP contribution in [0.1, 0.15) is 20.7 Å². The van der Waals surface area contributed by atoms with Crippen molar-refractivity contribution in [1.29, 1.82) is 0 Å². The van der Waals surface area contributed by atoms with Gasteiger partial charge in [-0.3, -0.25) is 19.0 Å². The molecule has 0 radical (unpaired) electrons. The standard InChI is InChI=1S/C23H19N5O5/c1-27-22(31)18-11-14(21(30)26-15-5-3-13(4-6-15)19(24)29)12-25-20(18)28(23(27)32)16-7-9-17(33-2)10-8-16/h3-12H,1-2H3,(H2,24,29)(H,26,30). The number of benzene rings is 2. The van der Waals surface area contributed by atoms with Gasteiger partial charge in [0.05, 0.1) is 23.7 Å². The van der Waals surface area contributed by atoms with Crippen LogP contribution in [0.4, 0.5) is 5.69 Å². The Balaban J connectivity index is 1.77. The first kappa shape index (κ1) is 21.5. The molecule has 2 amide bonds. The lowest BCUT2D eigenvalue weighted by atomic mass is 10.1. The first-order valence-corrected chi connectivity index (χ1v) is 9.77. The van der Waals surface area contributed by atoms with Crippen LogP contribution in [0.25, 0.3) is 16.7 Å². The highest BCUT2D eigenvalue weighted by Crippen LogP contribution is 2.18. The predicted octanol–water partition coefficient (Wildman–Crippen LogP) is 1.44. The number of fused-ring (bicyclic) bond motifs is 1. The van der Waals surface area contributed by atoms with E-state index in [1.165, 1.54) is 55.3 Å². The molecule has 0 bridgehead atoms. The topological polar surface area (TPSA) is 138 Å². The van der Waals surface area contributed by atoms with E-state index < -0.39 is 23.1 Å². The average molecular weight is 445 g/mol. The molecule has 0 saturated carbocycles. The van der Waals surface area contributed by atoms with Gasteiger partial charge >= 0.3 is 5.69 Å². The molecule has 0 spiro atoms. The fourth-order valence-corrected chi connectivity index (χ4v) is 3.31. The maximum absolute atomic E-state index is 12.8. The number of carbonyl (C=O) groups is 2. The number of nitrogens with zero attached hydrogens (tertiary/aromatic N) is 3. The van der Waals surface area contributed by atoms with Gasteiger partial charge in [-0.1, -0.05) is 0 Å². The van der Waals surface area contributed by atoms with Gasteiger partial charge in [0, 0.05) is 24.5 Å². The molecule has 10 nitrogen and oxygen atoms in total. The Morgan fingerprint density at radius 1 is 1.00 bits per heavy atom. The summed E-state index contributed by atoms with van der Waals surface area (Å²) in [4.78, 5) is 53.8. The molecule has 4 aromatic rings. The third-order valence-corrected chi connectivity index (χ3v) is 5.11. The van der Waals surface area contributed by atoms with E-state index >= 15 is 0 Å². The molecule has 33 heavy (non-hydrogen) atoms. The van der Waals surface area contributed by atoms with Crippen LogP contribution < -0.4 is 27.0 Å². The lowest BCUT2D eigenvalue weighted by Crippen LogP contribution is -2.38. The minimum absolute atomic E-state index is 0.102. The van der Waals surface area contributed by atoms with Crippen molar-refractivity contribution in [3.8, 4) is 11.4 Å². The van der Waals surface area contributed by atoms with Crippen LogP contribution >= 0.6 is 0 Å². The molecule has 2 aromatic heterocycles. The average Bonchev–Trinajstić information content (AvgIpc) is 2.83. The van der Waals surface area contributed by atoms with Crippen LogP contribution in [-0.4, -0.2) is 33.0 Å². The second kappa shape index (κ2) is 8.42. The molecule has 0 fully saturated rings. The molecule has 10 heteroatoms. The van der Waals surface area contributed by atoms with Gasteiger partial charge in [0.1, 0.15) is 5.75 Å². The molecule has 0 aliphatic carbocycles. The lowest BCUT2D eigenvalue weighted by Gasteiger charge is -2.13. The highest BCUT2D eigenvalue weighted by atomic mass is 16.5. The van der Waals surface area contributed by atoms with Crippen LogP contribution in [0.5, 0.6) is 5.75 Å². The summed E-state index contributed by atoms with van der Waals surface area (Å²) in [7, 11) is 2.89. The fourth-order valence-electron chi connectivity index (χ4n) is 3.31. The quantitative estimate of drug-likeness (QED) is 0.477. The number of ether oxygens (including phenoxy) is 1. The highest BCUT2D eigenvalue weighted by Gasteiger charge is 2.17. The molecular weight excluding hydrogens is 426 g/mol. The number of rotatable bonds is 5. The van der Waals surface area contributed by atoms with Crippen molar-refractivity contribution in [2.24, 2.45) is 12.8 Å². The van der Waals surface area contributed by atoms with E-state index in [4.69, 9.17) is 10.5 Å². The van der Waals surface area contributed by atoms with Gasteiger partial charge in [-0.15, -0.1) is 0 Å². The van der Waals surface area contributed by atoms with Crippen molar-refractivity contribution < 1.29 is 14.3 Å². The Labute approximate surface area is 186 Å². The highest BCUT2D eigenvalue weighted by molar-refractivity contribution is 6.05. The van der Waals surface area contributed by atoms with Gasteiger partial charge in [0.15, 0.2) is 5.65 Å². The monoisotopic (exact) mass is 445 g/mol. The first-order chi connectivity index (χ1) is 15.8. The predicted molar refractivity (Wildman–Crippen MR) is 122 cm³/mol. The van der Waals surface area contributed by atoms with E-state index in [0.717, 1.165) is 4.57 Å². The SMILES string of the molecule is COc1ccc(-n2c(=O)n(C)c(=O)c3cc(C(=O)Nc4ccc(C(N)=O)cc4)cnc32)cc1. The van der Waals surface area contributed by atoms with Crippen LogP contribution in [-0.2, 0) is 7.05 Å². The van der Waals surface area contributed by atoms with E-state index in [1.807, 2.05) is 0 Å². The Morgan fingerprint density at radius 2 is 1.67 bits per heavy atom. The number of carbonyl (C=O) groups excluding carboxylic acids is 2. The number of anilines is 1. The molecule has 0 atom stereocenters. The maximum Gasteiger partial charge on any atom is 0.337 e. The smallest absolute Gasteiger partial charge is 0.337 e. The second-order valence-electron chi connectivity index (χ2n) is 7.17. The van der Waals surface area contributed by atoms with Crippen LogP contribution in [0.3, 0.4) is 0 Å². The Hall–Kier alpha value is -4.73. The van der Waals surface area contributed by atoms with Crippen LogP contribution in [0.2, 0.25) is 0 Å². The summed E-state index contributed by atoms with van der Waals surface area (Å²) in [6.07, 6.45) is 1.29. The van der Waals surface area contributed by atoms with Crippen molar-refractivity contribution in [3.05, 3.63) is 92.8 Å². The van der Waals surface area contributed by atoms with Gasteiger partial charge in [0.2, 0.25) is 5.91 Å². The zero-order valence-corrected chi connectivity index (χ0v) is 17.7. The van der Waals surface area contributed by atoms with E-state index in [-0.39, 0.29) is 16.6 Å². The van der Waals surface area contributed by atoms with Crippen LogP contribution in [0.15, 0.2) is 70.4 Å². The van der Waals surface area contributed by atoms with Crippen LogP contribution in [0, 0.1) is 0 Å². The second-order valence-corrected chi connectivity index (χ2v) is 7.17. The zero-order valence-electron chi connectivity index (χ0n) is 17.7. The number of methoxy groups -OCH3 is 1. The summed E-state index contributed by atoms with van der Waals surface area (Å²) in [6, 6.07) is 14.1. The first-order valence-electron chi connectivity index (χ1n) is 9.77. The van der Waals surface area contributed by atoms with Crippen molar-refractivity contribution in [1.82, 2.24) is 14.1 Å². The number of hydrogen-bond acceptors (Lipinski definition) is 6. The van der Waals surface area contributed by atoms with E-state index in [9.17, 15) is 19.2 Å². The van der Waals surface area contributed by atoms with Gasteiger partial charge in [0.25, 0.3) is 11.5 Å². The molecule has 0 unspecified atom stereocenters. The normalized spacial score (nSPS) is 10.7. The Bertz CT molecular complexity index is 1500. The summed E-state index contributed by atoms with van der Waals surface area (Å²) in [5, 5.41) is 2.77. The molecule has 4 rings (SSSR count). The summed E-state index contributed by atoms with van der Waals surface area (Å²) in [5.41, 5.74) is 5.54. The number of hydrogen-bond donors (Lipinski definition) is 2. The molecular formula is C23H19N5O5. The summed E-state index contributed by atoms with van der Waals surface area (Å²) in [5.74, 6) is -0.484. The minimum atomic E-state index is -0.578. The minimum Gasteiger partial charge on any atom is -0.497 e. The molecule has 166 valence electrons. The Kier molecular flexibility index (Phi) is 5.49. The number of nitrogens with one attached hydrogen (secondary N) is 1. The lowest BCUT2D eigenvalue weighted by molar-refractivity contribution is 0.0998. The largest absolute Gasteiger partial charge is 0.497 e. The molecule has 0 aliphatic heterocycles. The number of primary amides is 1. The maximum atomic E-state index is 12.8. The van der Waals surface area contributed by atoms with Crippen molar-refractivity contribution in [3.63, 3.8) is 0 Å². The van der Waals surface area contributed by atoms with Gasteiger partial charge < -0.3 is 15.8 Å². The van der Waals surface area contributed by atoms with Gasteiger partial charge in [-0.2, -0.15) is 0 Å². The van der Waals surface area contributed by atoms with E-state index in [2.05, 4.69) is 10.3 Å². The van der Waals surface area contributed by atoms with E-state index in [1.54, 1.807) is 24.3 Å². The van der Waals surface area contributed by atoms with Gasteiger partial charge in [-0.25, -0.2) is 14.3 Å². The zero-order chi connectivity index (χ0) is 23.7. The third-order valence-electron chi connectivity index (χ3n) is 5.11. The molecule has 2 aromatic carbocycles. The summed E-state index contributed by atoms with van der Waals surface area (Å²) in [6.45, 7) is 0. The summed E-state index contributed by atoms with van der Waals surface area (Å²) >= 11 is 0. The van der Waals surface area contributed by atoms with Crippen molar-refractivity contribution >= 4 is 28.5 Å². The van der Waals surface area contributed by atoms with Crippen molar-refractivity contribution in [2.75, 3.05) is 12.4 Å². The molecule has 0 aliphatic rings. The fraction of sp³-hybridized carbons (Fsp3) is 0.0870. The number of aromatic nitrogens is 3. The summed E-state index contributed by atoms with van der Waals surface area (Å²) < 4.78 is 7.40.